The van der Waals surface area contributed by atoms with E-state index in [1.54, 1.807) is 30.3 Å². The van der Waals surface area contributed by atoms with Crippen molar-refractivity contribution >= 4 is 15.7 Å². The number of benzene rings is 1. The van der Waals surface area contributed by atoms with Crippen LogP contribution in [0.2, 0.25) is 0 Å². The maximum Gasteiger partial charge on any atom is 0.221 e. The van der Waals surface area contributed by atoms with E-state index in [1.807, 2.05) is 0 Å². The van der Waals surface area contributed by atoms with E-state index >= 15 is 0 Å². The van der Waals surface area contributed by atoms with Gasteiger partial charge >= 0.3 is 0 Å². The van der Waals surface area contributed by atoms with Gasteiger partial charge in [-0.1, -0.05) is 18.2 Å². The van der Waals surface area contributed by atoms with Gasteiger partial charge in [0.15, 0.2) is 9.84 Å². The Morgan fingerprint density at radius 3 is 2.71 bits per heavy atom. The molecule has 6 heteroatoms. The summed E-state index contributed by atoms with van der Waals surface area (Å²) < 4.78 is 24.1. The van der Waals surface area contributed by atoms with Crippen LogP contribution in [0.3, 0.4) is 0 Å². The van der Waals surface area contributed by atoms with Gasteiger partial charge in [-0.15, -0.1) is 0 Å². The Hall–Kier alpha value is -1.40. The molecular formula is C15H22N2O3S. The first kappa shape index (κ1) is 16.0. The number of hydrogen-bond donors (Lipinski definition) is 2. The number of rotatable bonds is 7. The average Bonchev–Trinajstić information content (AvgIpc) is 2.97. The third kappa shape index (κ3) is 5.13. The molecule has 5 nitrogen and oxygen atoms in total. The largest absolute Gasteiger partial charge is 0.356 e. The molecule has 0 aliphatic carbocycles. The molecule has 116 valence electrons. The van der Waals surface area contributed by atoms with Crippen molar-refractivity contribution in [2.24, 2.45) is 0 Å². The maximum atomic E-state index is 12.0. The molecule has 0 spiro atoms. The summed E-state index contributed by atoms with van der Waals surface area (Å²) in [5.74, 6) is 0.0467. The maximum absolute atomic E-state index is 12.0. The van der Waals surface area contributed by atoms with Gasteiger partial charge in [-0.3, -0.25) is 4.79 Å². The highest BCUT2D eigenvalue weighted by atomic mass is 32.2. The highest BCUT2D eigenvalue weighted by molar-refractivity contribution is 7.91. The third-order valence-corrected chi connectivity index (χ3v) is 5.43. The quantitative estimate of drug-likeness (QED) is 0.740. The van der Waals surface area contributed by atoms with E-state index < -0.39 is 9.84 Å². The second-order valence-electron chi connectivity index (χ2n) is 5.33. The lowest BCUT2D eigenvalue weighted by Crippen LogP contribution is -2.32. The van der Waals surface area contributed by atoms with Crippen molar-refractivity contribution in [1.29, 1.82) is 0 Å². The molecule has 0 bridgehead atoms. The zero-order valence-corrected chi connectivity index (χ0v) is 12.9. The predicted octanol–water partition coefficient (Wildman–Crippen LogP) is 1.11. The number of hydrogen-bond acceptors (Lipinski definition) is 4. The summed E-state index contributed by atoms with van der Waals surface area (Å²) in [7, 11) is -3.24. The Kier molecular flexibility index (Phi) is 5.76. The van der Waals surface area contributed by atoms with Gasteiger partial charge in [0.2, 0.25) is 5.91 Å². The van der Waals surface area contributed by atoms with Gasteiger partial charge in [0.1, 0.15) is 0 Å². The molecule has 1 fully saturated rings. The molecule has 1 saturated heterocycles. The fraction of sp³-hybridized carbons (Fsp3) is 0.533. The molecule has 21 heavy (non-hydrogen) atoms. The van der Waals surface area contributed by atoms with Gasteiger partial charge in [0.25, 0.3) is 0 Å². The van der Waals surface area contributed by atoms with E-state index in [1.165, 1.54) is 0 Å². The second kappa shape index (κ2) is 7.56. The summed E-state index contributed by atoms with van der Waals surface area (Å²) in [4.78, 5) is 12.0. The van der Waals surface area contributed by atoms with Crippen molar-refractivity contribution in [3.05, 3.63) is 30.3 Å². The fourth-order valence-electron chi connectivity index (χ4n) is 2.46. The summed E-state index contributed by atoms with van der Waals surface area (Å²) in [5.41, 5.74) is 0. The van der Waals surface area contributed by atoms with E-state index in [0.29, 0.717) is 24.3 Å². The van der Waals surface area contributed by atoms with Crippen LogP contribution in [0, 0.1) is 0 Å². The van der Waals surface area contributed by atoms with E-state index in [2.05, 4.69) is 10.6 Å². The minimum Gasteiger partial charge on any atom is -0.356 e. The summed E-state index contributed by atoms with van der Waals surface area (Å²) in [5, 5.41) is 6.06. The highest BCUT2D eigenvalue weighted by Crippen LogP contribution is 2.11. The topological polar surface area (TPSA) is 75.3 Å². The Balaban J connectivity index is 1.68. The minimum absolute atomic E-state index is 0.00786. The van der Waals surface area contributed by atoms with Crippen molar-refractivity contribution in [2.45, 2.75) is 36.6 Å². The SMILES string of the molecule is O=C(CC1CCCN1)NCCCS(=O)(=O)c1ccccc1. The normalized spacial score (nSPS) is 18.6. The number of sulfone groups is 1. The minimum atomic E-state index is -3.24. The van der Waals surface area contributed by atoms with Gasteiger partial charge in [-0.25, -0.2) is 8.42 Å². The summed E-state index contributed by atoms with van der Waals surface area (Å²) in [6.45, 7) is 1.38. The van der Waals surface area contributed by atoms with E-state index in [4.69, 9.17) is 0 Å². The molecule has 1 aliphatic heterocycles. The van der Waals surface area contributed by atoms with Gasteiger partial charge < -0.3 is 10.6 Å². The second-order valence-corrected chi connectivity index (χ2v) is 7.44. The zero-order valence-electron chi connectivity index (χ0n) is 12.0. The monoisotopic (exact) mass is 310 g/mol. The van der Waals surface area contributed by atoms with Crippen molar-refractivity contribution in [3.8, 4) is 0 Å². The predicted molar refractivity (Wildman–Crippen MR) is 81.8 cm³/mol. The Morgan fingerprint density at radius 2 is 2.05 bits per heavy atom. The number of nitrogens with one attached hydrogen (secondary N) is 2. The van der Waals surface area contributed by atoms with Gasteiger partial charge in [0.05, 0.1) is 10.6 Å². The average molecular weight is 310 g/mol. The molecule has 1 atom stereocenters. The lowest BCUT2D eigenvalue weighted by Gasteiger charge is -2.10. The zero-order chi connectivity index (χ0) is 15.1. The van der Waals surface area contributed by atoms with E-state index in [9.17, 15) is 13.2 Å². The Morgan fingerprint density at radius 1 is 1.29 bits per heavy atom. The molecule has 1 aromatic carbocycles. The Labute approximate surface area is 126 Å². The van der Waals surface area contributed by atoms with Crippen molar-refractivity contribution < 1.29 is 13.2 Å². The van der Waals surface area contributed by atoms with Crippen LogP contribution in [0.25, 0.3) is 0 Å². The first-order chi connectivity index (χ1) is 10.1. The molecule has 1 aromatic rings. The molecule has 2 N–H and O–H groups in total. The molecule has 1 aliphatic rings. The third-order valence-electron chi connectivity index (χ3n) is 3.61. The standard InChI is InChI=1S/C15H22N2O3S/c18-15(12-13-6-4-9-16-13)17-10-5-11-21(19,20)14-7-2-1-3-8-14/h1-3,7-8,13,16H,4-6,9-12H2,(H,17,18). The van der Waals surface area contributed by atoms with Crippen LogP contribution >= 0.6 is 0 Å². The fourth-order valence-corrected chi connectivity index (χ4v) is 3.79. The summed E-state index contributed by atoms with van der Waals surface area (Å²) in [6.07, 6.45) is 3.07. The molecule has 0 saturated carbocycles. The van der Waals surface area contributed by atoms with Crippen LogP contribution in [0.15, 0.2) is 35.2 Å². The van der Waals surface area contributed by atoms with Crippen LogP contribution in [-0.4, -0.2) is 39.2 Å². The number of carbonyl (C=O) groups is 1. The summed E-state index contributed by atoms with van der Waals surface area (Å²) in [6, 6.07) is 8.68. The van der Waals surface area contributed by atoms with E-state index in [-0.39, 0.29) is 17.7 Å². The van der Waals surface area contributed by atoms with Gasteiger partial charge in [0, 0.05) is 19.0 Å². The van der Waals surface area contributed by atoms with Crippen LogP contribution in [0.1, 0.15) is 25.7 Å². The van der Waals surface area contributed by atoms with E-state index in [0.717, 1.165) is 19.4 Å². The van der Waals surface area contributed by atoms with Gasteiger partial charge in [-0.2, -0.15) is 0 Å². The first-order valence-electron chi connectivity index (χ1n) is 7.36. The molecule has 2 rings (SSSR count). The van der Waals surface area contributed by atoms with Crippen molar-refractivity contribution in [2.75, 3.05) is 18.8 Å². The van der Waals surface area contributed by atoms with Crippen LogP contribution in [0.4, 0.5) is 0 Å². The number of carbonyl (C=O) groups excluding carboxylic acids is 1. The number of amides is 1. The van der Waals surface area contributed by atoms with Crippen LogP contribution in [-0.2, 0) is 14.6 Å². The highest BCUT2D eigenvalue weighted by Gasteiger charge is 2.17. The van der Waals surface area contributed by atoms with Crippen molar-refractivity contribution in [3.63, 3.8) is 0 Å². The van der Waals surface area contributed by atoms with Crippen molar-refractivity contribution in [1.82, 2.24) is 10.6 Å². The molecule has 1 amide bonds. The Bertz CT molecular complexity index is 552. The lowest BCUT2D eigenvalue weighted by atomic mass is 10.1. The van der Waals surface area contributed by atoms with Crippen LogP contribution < -0.4 is 10.6 Å². The lowest BCUT2D eigenvalue weighted by molar-refractivity contribution is -0.121. The molecule has 0 radical (unpaired) electrons. The molecular weight excluding hydrogens is 288 g/mol. The molecule has 1 heterocycles. The smallest absolute Gasteiger partial charge is 0.221 e. The molecule has 0 aromatic heterocycles. The van der Waals surface area contributed by atoms with Crippen LogP contribution in [0.5, 0.6) is 0 Å². The first-order valence-corrected chi connectivity index (χ1v) is 9.01. The summed E-state index contributed by atoms with van der Waals surface area (Å²) >= 11 is 0. The van der Waals surface area contributed by atoms with Gasteiger partial charge in [-0.05, 0) is 37.9 Å². The molecule has 1 unspecified atom stereocenters.